The van der Waals surface area contributed by atoms with Crippen LogP contribution in [0.4, 0.5) is 5.69 Å². The number of carbonyl (C=O) groups is 2. The monoisotopic (exact) mass is 449 g/mol. The lowest BCUT2D eigenvalue weighted by atomic mass is 10.1. The molecule has 4 rings (SSSR count). The van der Waals surface area contributed by atoms with Crippen LogP contribution in [0, 0.1) is 6.92 Å². The summed E-state index contributed by atoms with van der Waals surface area (Å²) in [7, 11) is 0. The molecular formula is C25H29N4O4-. The third-order valence-corrected chi connectivity index (χ3v) is 6.23. The number of ether oxygens (including phenoxy) is 1. The molecule has 8 heteroatoms. The molecule has 2 unspecified atom stereocenters. The van der Waals surface area contributed by atoms with E-state index in [0.29, 0.717) is 18.7 Å². The highest BCUT2D eigenvalue weighted by Gasteiger charge is 2.31. The second-order valence-corrected chi connectivity index (χ2v) is 8.59. The zero-order valence-electron chi connectivity index (χ0n) is 19.4. The number of carboxylic acid groups (broad SMARTS) is 1. The average Bonchev–Trinajstić information content (AvgIpc) is 3.11. The molecule has 8 nitrogen and oxygen atoms in total. The number of piperazine rings is 1. The van der Waals surface area contributed by atoms with Gasteiger partial charge in [-0.2, -0.15) is 0 Å². The number of carbonyl (C=O) groups excluding carboxylic acids is 2. The van der Waals surface area contributed by atoms with Gasteiger partial charge in [-0.25, -0.2) is 4.98 Å². The third kappa shape index (κ3) is 4.57. The number of aryl methyl sites for hydroxylation is 1. The SMILES string of the molecule is CCOC(=O)CN1C(C)CN(c2cccc(-n3c(C)nc4cc(C(=O)[O-])ccc43)c2)CC1C. The molecular weight excluding hydrogens is 420 g/mol. The summed E-state index contributed by atoms with van der Waals surface area (Å²) in [6.07, 6.45) is 0. The second-order valence-electron chi connectivity index (χ2n) is 8.59. The Hall–Kier alpha value is -3.39. The first kappa shape index (κ1) is 22.8. The number of hydrogen-bond donors (Lipinski definition) is 0. The van der Waals surface area contributed by atoms with Crippen molar-refractivity contribution in [2.24, 2.45) is 0 Å². The van der Waals surface area contributed by atoms with E-state index in [9.17, 15) is 14.7 Å². The largest absolute Gasteiger partial charge is 0.545 e. The van der Waals surface area contributed by atoms with E-state index in [1.165, 1.54) is 0 Å². The molecule has 1 saturated heterocycles. The summed E-state index contributed by atoms with van der Waals surface area (Å²) in [6.45, 7) is 10.3. The van der Waals surface area contributed by atoms with Crippen LogP contribution in [0.25, 0.3) is 16.7 Å². The normalized spacial score (nSPS) is 19.1. The van der Waals surface area contributed by atoms with Crippen molar-refractivity contribution in [2.75, 3.05) is 31.1 Å². The highest BCUT2D eigenvalue weighted by atomic mass is 16.5. The minimum Gasteiger partial charge on any atom is -0.545 e. The second kappa shape index (κ2) is 9.23. The van der Waals surface area contributed by atoms with Crippen LogP contribution in [-0.2, 0) is 9.53 Å². The first-order chi connectivity index (χ1) is 15.8. The van der Waals surface area contributed by atoms with Crippen LogP contribution >= 0.6 is 0 Å². The van der Waals surface area contributed by atoms with Crippen molar-refractivity contribution in [3.05, 3.63) is 53.9 Å². The molecule has 2 heterocycles. The van der Waals surface area contributed by atoms with Crippen molar-refractivity contribution in [1.29, 1.82) is 0 Å². The Morgan fingerprint density at radius 1 is 1.09 bits per heavy atom. The molecule has 1 aliphatic heterocycles. The van der Waals surface area contributed by atoms with Crippen LogP contribution in [0.3, 0.4) is 0 Å². The van der Waals surface area contributed by atoms with Gasteiger partial charge in [-0.15, -0.1) is 0 Å². The van der Waals surface area contributed by atoms with Gasteiger partial charge in [0.2, 0.25) is 0 Å². The van der Waals surface area contributed by atoms with Crippen molar-refractivity contribution >= 4 is 28.7 Å². The fourth-order valence-corrected chi connectivity index (χ4v) is 4.72. The minimum atomic E-state index is -1.21. The predicted octanol–water partition coefficient (Wildman–Crippen LogP) is 2.16. The van der Waals surface area contributed by atoms with Crippen LogP contribution in [0.15, 0.2) is 42.5 Å². The number of fused-ring (bicyclic) bond motifs is 1. The summed E-state index contributed by atoms with van der Waals surface area (Å²) in [6, 6.07) is 13.5. The van der Waals surface area contributed by atoms with Gasteiger partial charge in [0, 0.05) is 36.5 Å². The number of imidazole rings is 1. The van der Waals surface area contributed by atoms with Crippen LogP contribution in [0.5, 0.6) is 0 Å². The number of anilines is 1. The standard InChI is InChI=1S/C25H30N4O4/c1-5-33-24(30)15-28-16(2)13-27(14-17(28)3)20-7-6-8-21(12-20)29-18(4)26-22-11-19(25(31)32)9-10-23(22)29/h6-12,16-17H,5,13-15H2,1-4H3,(H,31,32)/p-1. The minimum absolute atomic E-state index is 0.115. The number of carboxylic acids is 1. The maximum Gasteiger partial charge on any atom is 0.320 e. The summed E-state index contributed by atoms with van der Waals surface area (Å²) in [5, 5.41) is 11.2. The molecule has 0 saturated carbocycles. The first-order valence-corrected chi connectivity index (χ1v) is 11.3. The van der Waals surface area contributed by atoms with E-state index in [1.54, 1.807) is 18.2 Å². The van der Waals surface area contributed by atoms with E-state index in [-0.39, 0.29) is 23.6 Å². The number of aromatic carboxylic acids is 1. The number of hydrogen-bond acceptors (Lipinski definition) is 7. The molecule has 2 atom stereocenters. The van der Waals surface area contributed by atoms with Crippen LogP contribution in [0.1, 0.15) is 37.0 Å². The molecule has 0 aliphatic carbocycles. The summed E-state index contributed by atoms with van der Waals surface area (Å²) >= 11 is 0. The van der Waals surface area contributed by atoms with Crippen molar-refractivity contribution in [3.63, 3.8) is 0 Å². The Labute approximate surface area is 193 Å². The van der Waals surface area contributed by atoms with Gasteiger partial charge < -0.3 is 19.5 Å². The number of benzene rings is 2. The van der Waals surface area contributed by atoms with E-state index in [4.69, 9.17) is 4.74 Å². The van der Waals surface area contributed by atoms with Gasteiger partial charge in [-0.1, -0.05) is 12.1 Å². The Bertz CT molecular complexity index is 1180. The maximum atomic E-state index is 12.0. The summed E-state index contributed by atoms with van der Waals surface area (Å²) in [4.78, 5) is 32.3. The number of aromatic nitrogens is 2. The molecule has 1 aliphatic rings. The molecule has 1 fully saturated rings. The van der Waals surface area contributed by atoms with Crippen molar-refractivity contribution < 1.29 is 19.4 Å². The van der Waals surface area contributed by atoms with E-state index in [0.717, 1.165) is 35.8 Å². The molecule has 1 aromatic heterocycles. The third-order valence-electron chi connectivity index (χ3n) is 6.23. The lowest BCUT2D eigenvalue weighted by Gasteiger charge is -2.45. The Balaban J connectivity index is 1.60. The zero-order chi connectivity index (χ0) is 23.7. The van der Waals surface area contributed by atoms with E-state index >= 15 is 0 Å². The van der Waals surface area contributed by atoms with Gasteiger partial charge in [0.25, 0.3) is 0 Å². The molecule has 0 radical (unpaired) electrons. The van der Waals surface area contributed by atoms with Gasteiger partial charge >= 0.3 is 5.97 Å². The van der Waals surface area contributed by atoms with Crippen LogP contribution in [-0.4, -0.2) is 64.7 Å². The molecule has 0 amide bonds. The van der Waals surface area contributed by atoms with Crippen LogP contribution in [0.2, 0.25) is 0 Å². The lowest BCUT2D eigenvalue weighted by Crippen LogP contribution is -2.58. The van der Waals surface area contributed by atoms with E-state index < -0.39 is 5.97 Å². The fourth-order valence-electron chi connectivity index (χ4n) is 4.72. The van der Waals surface area contributed by atoms with Crippen molar-refractivity contribution in [3.8, 4) is 5.69 Å². The molecule has 0 N–H and O–H groups in total. The summed E-state index contributed by atoms with van der Waals surface area (Å²) < 4.78 is 7.17. The summed E-state index contributed by atoms with van der Waals surface area (Å²) in [5.41, 5.74) is 3.63. The Kier molecular flexibility index (Phi) is 6.37. The predicted molar refractivity (Wildman–Crippen MR) is 125 cm³/mol. The number of rotatable bonds is 6. The number of nitrogens with zero attached hydrogens (tertiary/aromatic N) is 4. The van der Waals surface area contributed by atoms with Gasteiger partial charge in [0.1, 0.15) is 5.82 Å². The number of esters is 1. The van der Waals surface area contributed by atoms with Gasteiger partial charge in [-0.3, -0.25) is 14.3 Å². The van der Waals surface area contributed by atoms with Crippen molar-refractivity contribution in [2.45, 2.75) is 39.8 Å². The van der Waals surface area contributed by atoms with E-state index in [2.05, 4.69) is 40.8 Å². The molecule has 0 spiro atoms. The van der Waals surface area contributed by atoms with Gasteiger partial charge in [-0.05, 0) is 63.6 Å². The van der Waals surface area contributed by atoms with Gasteiger partial charge in [0.15, 0.2) is 0 Å². The zero-order valence-corrected chi connectivity index (χ0v) is 19.4. The molecule has 0 bridgehead atoms. The lowest BCUT2D eigenvalue weighted by molar-refractivity contribution is -0.255. The summed E-state index contributed by atoms with van der Waals surface area (Å²) in [5.74, 6) is -0.619. The Morgan fingerprint density at radius 3 is 2.45 bits per heavy atom. The smallest absolute Gasteiger partial charge is 0.320 e. The molecule has 2 aromatic carbocycles. The first-order valence-electron chi connectivity index (χ1n) is 11.3. The van der Waals surface area contributed by atoms with E-state index in [1.807, 2.05) is 30.5 Å². The molecule has 33 heavy (non-hydrogen) atoms. The molecule has 3 aromatic rings. The average molecular weight is 450 g/mol. The quantitative estimate of drug-likeness (QED) is 0.533. The van der Waals surface area contributed by atoms with Crippen molar-refractivity contribution in [1.82, 2.24) is 14.5 Å². The Morgan fingerprint density at radius 2 is 1.79 bits per heavy atom. The fraction of sp³-hybridized carbons (Fsp3) is 0.400. The van der Waals surface area contributed by atoms with Gasteiger partial charge in [0.05, 0.1) is 30.2 Å². The topological polar surface area (TPSA) is 90.7 Å². The highest BCUT2D eigenvalue weighted by Crippen LogP contribution is 2.28. The highest BCUT2D eigenvalue weighted by molar-refractivity contribution is 5.91. The van der Waals surface area contributed by atoms with Crippen LogP contribution < -0.4 is 10.0 Å². The molecule has 174 valence electrons. The maximum absolute atomic E-state index is 12.0.